The number of ketones is 1. The molecule has 4 nitrogen and oxygen atoms in total. The fourth-order valence-electron chi connectivity index (χ4n) is 1.97. The number of carbonyl (C=O) groups excluding carboxylic acids is 1. The fraction of sp³-hybridized carbons (Fsp3) is 0.235. The number of carbonyl (C=O) groups is 1. The van der Waals surface area contributed by atoms with Crippen molar-refractivity contribution in [3.63, 3.8) is 0 Å². The van der Waals surface area contributed by atoms with Crippen molar-refractivity contribution in [3.05, 3.63) is 59.7 Å². The Morgan fingerprint density at radius 3 is 2.43 bits per heavy atom. The Morgan fingerprint density at radius 1 is 1.14 bits per heavy atom. The third-order valence-electron chi connectivity index (χ3n) is 2.97. The maximum atomic E-state index is 12.3. The lowest BCUT2D eigenvalue weighted by atomic mass is 10.0. The lowest BCUT2D eigenvalue weighted by molar-refractivity contribution is -0.0613. The van der Waals surface area contributed by atoms with Gasteiger partial charge in [0, 0.05) is 12.2 Å². The molecule has 4 heteroatoms. The molecule has 0 aliphatic carbocycles. The zero-order valence-electron chi connectivity index (χ0n) is 12.1. The van der Waals surface area contributed by atoms with Crippen LogP contribution in [-0.4, -0.2) is 23.8 Å². The fourth-order valence-corrected chi connectivity index (χ4v) is 1.97. The zero-order chi connectivity index (χ0) is 15.2. The molecule has 0 aliphatic rings. The van der Waals surface area contributed by atoms with Gasteiger partial charge in [0.05, 0.1) is 5.56 Å². The molecule has 1 atom stereocenters. The highest BCUT2D eigenvalue weighted by Crippen LogP contribution is 2.21. The van der Waals surface area contributed by atoms with Crippen molar-refractivity contribution in [1.82, 2.24) is 0 Å². The third kappa shape index (κ3) is 3.83. The number of hydrogen-bond acceptors (Lipinski definition) is 4. The maximum absolute atomic E-state index is 12.3. The largest absolute Gasteiger partial charge is 0.507 e. The van der Waals surface area contributed by atoms with Gasteiger partial charge in [0.1, 0.15) is 11.5 Å². The number of hydrogen-bond donors (Lipinski definition) is 1. The number of para-hydroxylation sites is 1. The number of aromatic hydroxyl groups is 1. The molecule has 0 saturated carbocycles. The van der Waals surface area contributed by atoms with Crippen LogP contribution in [0.5, 0.6) is 11.5 Å². The molecule has 2 aromatic rings. The van der Waals surface area contributed by atoms with Crippen LogP contribution < -0.4 is 4.74 Å². The van der Waals surface area contributed by atoms with E-state index in [1.807, 2.05) is 13.8 Å². The van der Waals surface area contributed by atoms with E-state index in [4.69, 9.17) is 9.47 Å². The van der Waals surface area contributed by atoms with Crippen LogP contribution in [0.3, 0.4) is 0 Å². The lowest BCUT2D eigenvalue weighted by Gasteiger charge is -2.14. The second-order valence-electron chi connectivity index (χ2n) is 4.51. The smallest absolute Gasteiger partial charge is 0.196 e. The molecule has 1 unspecified atom stereocenters. The average Bonchev–Trinajstić information content (AvgIpc) is 2.48. The van der Waals surface area contributed by atoms with Gasteiger partial charge in [-0.3, -0.25) is 4.79 Å². The summed E-state index contributed by atoms with van der Waals surface area (Å²) >= 11 is 0. The molecule has 0 radical (unpaired) electrons. The quantitative estimate of drug-likeness (QED) is 0.653. The van der Waals surface area contributed by atoms with Crippen molar-refractivity contribution in [3.8, 4) is 11.5 Å². The summed E-state index contributed by atoms with van der Waals surface area (Å²) in [7, 11) is 0. The Hall–Kier alpha value is -2.33. The second-order valence-corrected chi connectivity index (χ2v) is 4.51. The summed E-state index contributed by atoms with van der Waals surface area (Å²) in [4.78, 5) is 12.3. The van der Waals surface area contributed by atoms with Crippen LogP contribution in [-0.2, 0) is 4.74 Å². The van der Waals surface area contributed by atoms with Gasteiger partial charge in [-0.25, -0.2) is 0 Å². The van der Waals surface area contributed by atoms with E-state index in [1.165, 1.54) is 6.07 Å². The average molecular weight is 286 g/mol. The Labute approximate surface area is 123 Å². The molecule has 0 spiro atoms. The minimum Gasteiger partial charge on any atom is -0.507 e. The van der Waals surface area contributed by atoms with Gasteiger partial charge in [0.25, 0.3) is 0 Å². The van der Waals surface area contributed by atoms with E-state index >= 15 is 0 Å². The predicted octanol–water partition coefficient (Wildman–Crippen LogP) is 3.38. The molecule has 0 bridgehead atoms. The summed E-state index contributed by atoms with van der Waals surface area (Å²) < 4.78 is 10.8. The summed E-state index contributed by atoms with van der Waals surface area (Å²) in [6.07, 6.45) is -0.338. The van der Waals surface area contributed by atoms with E-state index in [0.29, 0.717) is 17.9 Å². The van der Waals surface area contributed by atoms with Gasteiger partial charge in [0.2, 0.25) is 0 Å². The third-order valence-corrected chi connectivity index (χ3v) is 2.97. The van der Waals surface area contributed by atoms with Crippen molar-refractivity contribution < 1.29 is 19.4 Å². The number of benzene rings is 2. The lowest BCUT2D eigenvalue weighted by Crippen LogP contribution is -2.15. The Morgan fingerprint density at radius 2 is 1.81 bits per heavy atom. The summed E-state index contributed by atoms with van der Waals surface area (Å²) in [5.41, 5.74) is 0.779. The Kier molecular flexibility index (Phi) is 4.95. The van der Waals surface area contributed by atoms with E-state index in [1.54, 1.807) is 42.5 Å². The molecule has 0 amide bonds. The van der Waals surface area contributed by atoms with Crippen molar-refractivity contribution in [2.75, 3.05) is 6.61 Å². The van der Waals surface area contributed by atoms with Crippen molar-refractivity contribution >= 4 is 5.78 Å². The highest BCUT2D eigenvalue weighted by atomic mass is 16.7. The van der Waals surface area contributed by atoms with Gasteiger partial charge in [-0.1, -0.05) is 12.1 Å². The monoisotopic (exact) mass is 286 g/mol. The van der Waals surface area contributed by atoms with Crippen LogP contribution >= 0.6 is 0 Å². The number of phenols is 1. The highest BCUT2D eigenvalue weighted by molar-refractivity contribution is 6.10. The van der Waals surface area contributed by atoms with Gasteiger partial charge in [-0.2, -0.15) is 0 Å². The Balaban J connectivity index is 2.12. The molecule has 1 N–H and O–H groups in total. The van der Waals surface area contributed by atoms with Crippen LogP contribution in [0.15, 0.2) is 48.5 Å². The SMILES string of the molecule is CCOC(C)Oc1ccc(C(=O)c2ccccc2O)cc1. The first kappa shape index (κ1) is 15.1. The zero-order valence-corrected chi connectivity index (χ0v) is 12.1. The van der Waals surface area contributed by atoms with E-state index in [2.05, 4.69) is 0 Å². The van der Waals surface area contributed by atoms with E-state index in [0.717, 1.165) is 0 Å². The van der Waals surface area contributed by atoms with Crippen molar-refractivity contribution in [1.29, 1.82) is 0 Å². The summed E-state index contributed by atoms with van der Waals surface area (Å²) in [6.45, 7) is 4.28. The van der Waals surface area contributed by atoms with E-state index in [-0.39, 0.29) is 23.4 Å². The molecule has 0 aromatic heterocycles. The molecular weight excluding hydrogens is 268 g/mol. The summed E-state index contributed by atoms with van der Waals surface area (Å²) in [5.74, 6) is 0.384. The highest BCUT2D eigenvalue weighted by Gasteiger charge is 2.13. The molecule has 0 aliphatic heterocycles. The van der Waals surface area contributed by atoms with Crippen LogP contribution in [0.25, 0.3) is 0 Å². The van der Waals surface area contributed by atoms with Crippen molar-refractivity contribution in [2.24, 2.45) is 0 Å². The molecule has 2 rings (SSSR count). The first-order valence-corrected chi connectivity index (χ1v) is 6.83. The van der Waals surface area contributed by atoms with Gasteiger partial charge in [-0.05, 0) is 50.2 Å². The van der Waals surface area contributed by atoms with Crippen LogP contribution in [0.4, 0.5) is 0 Å². The maximum Gasteiger partial charge on any atom is 0.196 e. The van der Waals surface area contributed by atoms with Crippen LogP contribution in [0.2, 0.25) is 0 Å². The first-order chi connectivity index (χ1) is 10.1. The minimum absolute atomic E-state index is 0.0206. The number of phenolic OH excluding ortho intramolecular Hbond substituents is 1. The van der Waals surface area contributed by atoms with Gasteiger partial charge in [0.15, 0.2) is 12.1 Å². The van der Waals surface area contributed by atoms with Gasteiger partial charge < -0.3 is 14.6 Å². The number of ether oxygens (including phenoxy) is 2. The van der Waals surface area contributed by atoms with Gasteiger partial charge in [-0.15, -0.1) is 0 Å². The molecule has 0 heterocycles. The Bertz CT molecular complexity index is 604. The van der Waals surface area contributed by atoms with E-state index < -0.39 is 0 Å². The standard InChI is InChI=1S/C17H18O4/c1-3-20-12(2)21-14-10-8-13(9-11-14)17(19)15-6-4-5-7-16(15)18/h4-12,18H,3H2,1-2H3. The second kappa shape index (κ2) is 6.90. The topological polar surface area (TPSA) is 55.8 Å². The van der Waals surface area contributed by atoms with Crippen molar-refractivity contribution in [2.45, 2.75) is 20.1 Å². The molecule has 110 valence electrons. The van der Waals surface area contributed by atoms with Gasteiger partial charge >= 0.3 is 0 Å². The number of rotatable bonds is 6. The first-order valence-electron chi connectivity index (χ1n) is 6.83. The molecule has 21 heavy (non-hydrogen) atoms. The van der Waals surface area contributed by atoms with Crippen LogP contribution in [0, 0.1) is 0 Å². The normalized spacial score (nSPS) is 11.9. The molecule has 0 fully saturated rings. The van der Waals surface area contributed by atoms with E-state index in [9.17, 15) is 9.90 Å². The molecule has 0 saturated heterocycles. The van der Waals surface area contributed by atoms with Crippen LogP contribution in [0.1, 0.15) is 29.8 Å². The molecular formula is C17H18O4. The summed E-state index contributed by atoms with van der Waals surface area (Å²) in [5, 5.41) is 9.71. The summed E-state index contributed by atoms with van der Waals surface area (Å²) in [6, 6.07) is 13.2. The minimum atomic E-state index is -0.338. The molecule has 2 aromatic carbocycles. The predicted molar refractivity (Wildman–Crippen MR) is 79.7 cm³/mol.